The summed E-state index contributed by atoms with van der Waals surface area (Å²) in [6.45, 7) is 0. The summed E-state index contributed by atoms with van der Waals surface area (Å²) in [5.41, 5.74) is 2.32. The second-order valence-corrected chi connectivity index (χ2v) is 9.13. The Hall–Kier alpha value is -3.48. The van der Waals surface area contributed by atoms with Gasteiger partial charge >= 0.3 is 0 Å². The molecule has 3 atom stereocenters. The summed E-state index contributed by atoms with van der Waals surface area (Å²) < 4.78 is 0.880. The van der Waals surface area contributed by atoms with E-state index in [0.717, 1.165) is 26.5 Å². The van der Waals surface area contributed by atoms with E-state index in [9.17, 15) is 9.59 Å². The van der Waals surface area contributed by atoms with Gasteiger partial charge in [0.2, 0.25) is 5.91 Å². The second kappa shape index (κ2) is 7.83. The predicted octanol–water partition coefficient (Wildman–Crippen LogP) is 5.65. The van der Waals surface area contributed by atoms with Crippen molar-refractivity contribution in [3.05, 3.63) is 107 Å². The Morgan fingerprint density at radius 2 is 1.39 bits per heavy atom. The number of fused-ring (bicyclic) bond motifs is 2. The minimum atomic E-state index is -0.884. The minimum absolute atomic E-state index is 0.247. The Kier molecular flexibility index (Phi) is 4.78. The maximum absolute atomic E-state index is 13.8. The van der Waals surface area contributed by atoms with E-state index in [2.05, 4.69) is 34.1 Å². The molecule has 162 valence electrons. The molecule has 2 heterocycles. The highest BCUT2D eigenvalue weighted by Gasteiger charge is 2.60. The van der Waals surface area contributed by atoms with Gasteiger partial charge in [-0.15, -0.1) is 0 Å². The molecule has 0 bridgehead atoms. The number of hydroxylamine groups is 1. The Morgan fingerprint density at radius 1 is 0.697 bits per heavy atom. The van der Waals surface area contributed by atoms with Crippen LogP contribution in [0.4, 0.5) is 11.4 Å². The topological polar surface area (TPSA) is 49.9 Å². The fraction of sp³-hybridized carbons (Fsp3) is 0.111. The summed E-state index contributed by atoms with van der Waals surface area (Å²) in [5.74, 6) is -1.24. The summed E-state index contributed by atoms with van der Waals surface area (Å²) in [4.78, 5) is 34.7. The van der Waals surface area contributed by atoms with Crippen LogP contribution in [0.3, 0.4) is 0 Å². The molecule has 0 unspecified atom stereocenters. The van der Waals surface area contributed by atoms with Gasteiger partial charge in [-0.25, -0.2) is 9.96 Å². The molecule has 2 amide bonds. The van der Waals surface area contributed by atoms with Crippen molar-refractivity contribution in [3.8, 4) is 0 Å². The number of nitrogens with zero attached hydrogens (tertiary/aromatic N) is 2. The van der Waals surface area contributed by atoms with E-state index in [-0.39, 0.29) is 11.8 Å². The first-order valence-corrected chi connectivity index (χ1v) is 11.5. The number of para-hydroxylation sites is 1. The van der Waals surface area contributed by atoms with Crippen molar-refractivity contribution in [1.29, 1.82) is 0 Å². The first-order chi connectivity index (χ1) is 16.1. The van der Waals surface area contributed by atoms with Crippen molar-refractivity contribution in [1.82, 2.24) is 0 Å². The number of imide groups is 1. The van der Waals surface area contributed by atoms with Crippen LogP contribution in [0.1, 0.15) is 11.6 Å². The van der Waals surface area contributed by atoms with Crippen molar-refractivity contribution in [2.45, 2.75) is 12.1 Å². The average molecular weight is 499 g/mol. The first kappa shape index (κ1) is 20.1. The van der Waals surface area contributed by atoms with Crippen LogP contribution in [-0.2, 0) is 14.4 Å². The fourth-order valence-corrected chi connectivity index (χ4v) is 5.15. The Balaban J connectivity index is 1.50. The van der Waals surface area contributed by atoms with Crippen LogP contribution >= 0.6 is 15.9 Å². The maximum Gasteiger partial charge on any atom is 0.266 e. The summed E-state index contributed by atoms with van der Waals surface area (Å²) in [6, 6.07) is 30.5. The summed E-state index contributed by atoms with van der Waals surface area (Å²) in [6.07, 6.45) is -0.884. The number of halogens is 1. The molecular weight excluding hydrogens is 480 g/mol. The highest BCUT2D eigenvalue weighted by atomic mass is 79.9. The van der Waals surface area contributed by atoms with Gasteiger partial charge in [-0.3, -0.25) is 14.4 Å². The molecule has 0 aliphatic carbocycles. The van der Waals surface area contributed by atoms with Gasteiger partial charge in [0, 0.05) is 4.47 Å². The molecule has 2 saturated heterocycles. The zero-order valence-corrected chi connectivity index (χ0v) is 19.1. The van der Waals surface area contributed by atoms with Gasteiger partial charge in [0.05, 0.1) is 17.4 Å². The lowest BCUT2D eigenvalue weighted by molar-refractivity contribution is -0.126. The SMILES string of the molecule is O=C1[C@H]2[C@H](ON(c3ccccc3)[C@H]2c2cccc3ccccc23)C(=O)N1c1ccc(Br)cc1. The lowest BCUT2D eigenvalue weighted by Crippen LogP contribution is -2.37. The van der Waals surface area contributed by atoms with Crippen molar-refractivity contribution >= 4 is 49.9 Å². The van der Waals surface area contributed by atoms with Crippen molar-refractivity contribution in [3.63, 3.8) is 0 Å². The van der Waals surface area contributed by atoms with E-state index in [1.165, 1.54) is 4.90 Å². The van der Waals surface area contributed by atoms with E-state index < -0.39 is 18.1 Å². The van der Waals surface area contributed by atoms with Crippen molar-refractivity contribution in [2.24, 2.45) is 5.92 Å². The average Bonchev–Trinajstić information content (AvgIpc) is 3.36. The highest BCUT2D eigenvalue weighted by molar-refractivity contribution is 9.10. The molecule has 5 nitrogen and oxygen atoms in total. The molecule has 4 aromatic rings. The summed E-state index contributed by atoms with van der Waals surface area (Å²) >= 11 is 3.41. The standard InChI is InChI=1S/C27H19BrN2O3/c28-18-13-15-19(16-14-18)29-26(31)23-24(22-12-6-8-17-7-4-5-11-21(17)22)30(33-25(23)27(29)32)20-9-2-1-3-10-20/h1-16,23-25H/t23-,24+,25+/m1/s1. The number of hydrogen-bond donors (Lipinski definition) is 0. The largest absolute Gasteiger partial charge is 0.273 e. The molecule has 0 N–H and O–H groups in total. The molecule has 0 radical (unpaired) electrons. The maximum atomic E-state index is 13.8. The van der Waals surface area contributed by atoms with Gasteiger partial charge < -0.3 is 0 Å². The van der Waals surface area contributed by atoms with Crippen molar-refractivity contribution < 1.29 is 14.4 Å². The molecule has 6 heteroatoms. The lowest BCUT2D eigenvalue weighted by Gasteiger charge is -2.29. The van der Waals surface area contributed by atoms with E-state index in [4.69, 9.17) is 4.84 Å². The lowest BCUT2D eigenvalue weighted by atomic mass is 9.87. The Morgan fingerprint density at radius 3 is 2.18 bits per heavy atom. The molecule has 0 saturated carbocycles. The van der Waals surface area contributed by atoms with Gasteiger partial charge in [0.15, 0.2) is 6.10 Å². The van der Waals surface area contributed by atoms with Crippen LogP contribution in [-0.4, -0.2) is 17.9 Å². The number of amides is 2. The molecule has 0 spiro atoms. The van der Waals surface area contributed by atoms with Crippen LogP contribution in [0.5, 0.6) is 0 Å². The highest BCUT2D eigenvalue weighted by Crippen LogP contribution is 2.48. The minimum Gasteiger partial charge on any atom is -0.273 e. The van der Waals surface area contributed by atoms with Crippen LogP contribution in [0.2, 0.25) is 0 Å². The van der Waals surface area contributed by atoms with Gasteiger partial charge in [-0.2, -0.15) is 0 Å². The molecule has 6 rings (SSSR count). The van der Waals surface area contributed by atoms with Crippen LogP contribution in [0.15, 0.2) is 102 Å². The number of benzene rings is 4. The van der Waals surface area contributed by atoms with Crippen LogP contribution < -0.4 is 9.96 Å². The second-order valence-electron chi connectivity index (χ2n) is 8.21. The van der Waals surface area contributed by atoms with Crippen LogP contribution in [0, 0.1) is 5.92 Å². The smallest absolute Gasteiger partial charge is 0.266 e. The fourth-order valence-electron chi connectivity index (χ4n) is 4.88. The number of hydrogen-bond acceptors (Lipinski definition) is 4. The van der Waals surface area contributed by atoms with E-state index in [0.29, 0.717) is 5.69 Å². The number of carbonyl (C=O) groups is 2. The Bertz CT molecular complexity index is 1370. The normalized spacial score (nSPS) is 22.3. The van der Waals surface area contributed by atoms with E-state index in [1.807, 2.05) is 66.7 Å². The third-order valence-electron chi connectivity index (χ3n) is 6.35. The predicted molar refractivity (Wildman–Crippen MR) is 131 cm³/mol. The molecule has 2 aliphatic rings. The van der Waals surface area contributed by atoms with Gasteiger partial charge in [0.1, 0.15) is 5.92 Å². The zero-order chi connectivity index (χ0) is 22.5. The number of anilines is 2. The molecular formula is C27H19BrN2O3. The van der Waals surface area contributed by atoms with Gasteiger partial charge in [-0.05, 0) is 52.7 Å². The van der Waals surface area contributed by atoms with E-state index in [1.54, 1.807) is 17.2 Å². The van der Waals surface area contributed by atoms with Crippen molar-refractivity contribution in [2.75, 3.05) is 9.96 Å². The van der Waals surface area contributed by atoms with Gasteiger partial charge in [-0.1, -0.05) is 76.6 Å². The zero-order valence-electron chi connectivity index (χ0n) is 17.5. The van der Waals surface area contributed by atoms with Gasteiger partial charge in [0.25, 0.3) is 5.91 Å². The molecule has 2 aliphatic heterocycles. The third-order valence-corrected chi connectivity index (χ3v) is 6.88. The molecule has 2 fully saturated rings. The van der Waals surface area contributed by atoms with Crippen LogP contribution in [0.25, 0.3) is 10.8 Å². The Labute approximate surface area is 199 Å². The molecule has 4 aromatic carbocycles. The molecule has 0 aromatic heterocycles. The third kappa shape index (κ3) is 3.17. The van der Waals surface area contributed by atoms with E-state index >= 15 is 0 Å². The summed E-state index contributed by atoms with van der Waals surface area (Å²) in [7, 11) is 0. The first-order valence-electron chi connectivity index (χ1n) is 10.8. The summed E-state index contributed by atoms with van der Waals surface area (Å²) in [5, 5.41) is 3.86. The monoisotopic (exact) mass is 498 g/mol. The number of carbonyl (C=O) groups excluding carboxylic acids is 2. The quantitative estimate of drug-likeness (QED) is 0.342. The number of rotatable bonds is 3. The molecule has 33 heavy (non-hydrogen) atoms.